The summed E-state index contributed by atoms with van der Waals surface area (Å²) in [5.41, 5.74) is 2.57. The first-order valence-corrected chi connectivity index (χ1v) is 10.2. The Bertz CT molecular complexity index is 1200. The number of H-pyrrole nitrogens is 1. The van der Waals surface area contributed by atoms with Crippen molar-refractivity contribution >= 4 is 17.0 Å². The predicted octanol–water partition coefficient (Wildman–Crippen LogP) is 1.43. The number of aromatic amines is 1. The lowest BCUT2D eigenvalue weighted by molar-refractivity contribution is -0.138. The van der Waals surface area contributed by atoms with E-state index in [2.05, 4.69) is 20.3 Å². The molecule has 2 heterocycles. The molecular formula is C21H25N5O4. The van der Waals surface area contributed by atoms with Crippen molar-refractivity contribution in [3.8, 4) is 11.5 Å². The number of aliphatic carboxylic acids is 1. The number of nitrogens with one attached hydrogen (secondary N) is 2. The van der Waals surface area contributed by atoms with Gasteiger partial charge in [0.15, 0.2) is 11.5 Å². The summed E-state index contributed by atoms with van der Waals surface area (Å²) in [5, 5.41) is 12.5. The van der Waals surface area contributed by atoms with Crippen molar-refractivity contribution in [2.75, 3.05) is 6.54 Å². The van der Waals surface area contributed by atoms with Gasteiger partial charge in [-0.2, -0.15) is 4.98 Å². The second-order valence-electron chi connectivity index (χ2n) is 8.16. The van der Waals surface area contributed by atoms with Crippen molar-refractivity contribution in [1.82, 2.24) is 24.8 Å². The molecule has 2 atom stereocenters. The van der Waals surface area contributed by atoms with Gasteiger partial charge in [-0.05, 0) is 62.3 Å². The maximum absolute atomic E-state index is 12.3. The quantitative estimate of drug-likeness (QED) is 0.523. The van der Waals surface area contributed by atoms with Crippen LogP contribution in [0.15, 0.2) is 21.7 Å². The molecule has 9 heteroatoms. The molecule has 1 aromatic carbocycles. The summed E-state index contributed by atoms with van der Waals surface area (Å²) in [6.07, 6.45) is 2.91. The van der Waals surface area contributed by atoms with Crippen molar-refractivity contribution in [3.05, 3.63) is 44.1 Å². The van der Waals surface area contributed by atoms with E-state index in [0.717, 1.165) is 35.9 Å². The molecule has 0 radical (unpaired) electrons. The van der Waals surface area contributed by atoms with Crippen LogP contribution in [0.5, 0.6) is 0 Å². The van der Waals surface area contributed by atoms with Gasteiger partial charge >= 0.3 is 11.7 Å². The molecule has 3 N–H and O–H groups in total. The number of carboxylic acids is 1. The van der Waals surface area contributed by atoms with Crippen LogP contribution in [0.4, 0.5) is 0 Å². The molecule has 30 heavy (non-hydrogen) atoms. The molecule has 1 fully saturated rings. The summed E-state index contributed by atoms with van der Waals surface area (Å²) in [7, 11) is 0. The van der Waals surface area contributed by atoms with E-state index >= 15 is 0 Å². The Hall–Kier alpha value is -3.07. The monoisotopic (exact) mass is 411 g/mol. The lowest BCUT2D eigenvalue weighted by Crippen LogP contribution is -2.33. The number of nitrogens with zero attached hydrogens (tertiary/aromatic N) is 3. The molecule has 1 aromatic rings. The van der Waals surface area contributed by atoms with Gasteiger partial charge in [0, 0.05) is 25.6 Å². The number of carboxylic acid groups (broad SMARTS) is 1. The van der Waals surface area contributed by atoms with Gasteiger partial charge in [0.25, 0.3) is 5.56 Å². The van der Waals surface area contributed by atoms with Crippen molar-refractivity contribution in [2.24, 2.45) is 5.92 Å². The summed E-state index contributed by atoms with van der Waals surface area (Å²) in [6, 6.07) is 4.21. The van der Waals surface area contributed by atoms with Crippen molar-refractivity contribution in [2.45, 2.75) is 52.1 Å². The molecular weight excluding hydrogens is 386 g/mol. The zero-order chi connectivity index (χ0) is 21.4. The van der Waals surface area contributed by atoms with Crippen LogP contribution in [0, 0.1) is 19.8 Å². The van der Waals surface area contributed by atoms with Gasteiger partial charge in [0.05, 0.1) is 11.0 Å². The van der Waals surface area contributed by atoms with Crippen molar-refractivity contribution in [1.29, 1.82) is 0 Å². The van der Waals surface area contributed by atoms with E-state index in [-0.39, 0.29) is 29.9 Å². The normalized spacial score (nSPS) is 19.0. The van der Waals surface area contributed by atoms with Gasteiger partial charge in [-0.1, -0.05) is 0 Å². The lowest BCUT2D eigenvalue weighted by Gasteiger charge is -2.19. The molecule has 0 bridgehead atoms. The maximum Gasteiger partial charge on any atom is 0.349 e. The summed E-state index contributed by atoms with van der Waals surface area (Å²) in [5.74, 6) is -0.262. The van der Waals surface area contributed by atoms with E-state index in [9.17, 15) is 14.4 Å². The van der Waals surface area contributed by atoms with Gasteiger partial charge in [-0.3, -0.25) is 14.6 Å². The fourth-order valence-electron chi connectivity index (χ4n) is 4.35. The predicted molar refractivity (Wildman–Crippen MR) is 112 cm³/mol. The van der Waals surface area contributed by atoms with E-state index in [0.29, 0.717) is 18.6 Å². The zero-order valence-electron chi connectivity index (χ0n) is 17.1. The Kier molecular flexibility index (Phi) is 5.38. The Morgan fingerprint density at radius 1 is 1.23 bits per heavy atom. The second-order valence-corrected chi connectivity index (χ2v) is 8.16. The van der Waals surface area contributed by atoms with Gasteiger partial charge in [-0.15, -0.1) is 0 Å². The second kappa shape index (κ2) is 7.98. The third-order valence-corrected chi connectivity index (χ3v) is 6.00. The minimum atomic E-state index is -0.749. The molecule has 1 unspecified atom stereocenters. The third-order valence-electron chi connectivity index (χ3n) is 6.00. The van der Waals surface area contributed by atoms with E-state index in [4.69, 9.17) is 5.11 Å². The minimum Gasteiger partial charge on any atom is -0.481 e. The Balaban J connectivity index is 1.63. The van der Waals surface area contributed by atoms with Crippen LogP contribution in [0.3, 0.4) is 0 Å². The largest absolute Gasteiger partial charge is 0.481 e. The van der Waals surface area contributed by atoms with Gasteiger partial charge in [-0.25, -0.2) is 9.78 Å². The number of aromatic nitrogens is 4. The molecule has 0 aromatic heterocycles. The summed E-state index contributed by atoms with van der Waals surface area (Å²) < 4.78 is 1.87. The van der Waals surface area contributed by atoms with Gasteiger partial charge in [0.1, 0.15) is 0 Å². The highest BCUT2D eigenvalue weighted by Crippen LogP contribution is 2.28. The number of aryl methyl sites for hydroxylation is 2. The molecule has 3 aliphatic rings. The SMILES string of the molecule is Cc1cc2nc3c(=O)[nH]c(=O)nc-3n(CCNC3CC[C@@H](CC(=O)O)C3)c2cc1C. The molecule has 1 aliphatic carbocycles. The standard InChI is InChI=1S/C21H25N5O4/c1-11-7-15-16(8-12(11)2)26(19-18(23-15)20(29)25-21(30)24-19)6-5-22-14-4-3-13(9-14)10-17(27)28/h7-8,13-14,22H,3-6,9-10H2,1-2H3,(H,27,28)(H,25,29,30)/t13-,14?/m1/s1. The zero-order valence-corrected chi connectivity index (χ0v) is 17.1. The van der Waals surface area contributed by atoms with Crippen LogP contribution in [0.1, 0.15) is 36.8 Å². The molecule has 158 valence electrons. The molecule has 2 aliphatic heterocycles. The van der Waals surface area contributed by atoms with Crippen LogP contribution in [0.25, 0.3) is 22.6 Å². The lowest BCUT2D eigenvalue weighted by atomic mass is 10.0. The number of hydrogen-bond acceptors (Lipinski definition) is 6. The number of carbonyl (C=O) groups is 1. The van der Waals surface area contributed by atoms with Gasteiger partial charge < -0.3 is 15.0 Å². The number of rotatable bonds is 6. The first kappa shape index (κ1) is 20.2. The van der Waals surface area contributed by atoms with Crippen LogP contribution >= 0.6 is 0 Å². The average molecular weight is 411 g/mol. The number of benzene rings is 1. The van der Waals surface area contributed by atoms with E-state index in [1.807, 2.05) is 30.5 Å². The molecule has 0 spiro atoms. The summed E-state index contributed by atoms with van der Waals surface area (Å²) in [6.45, 7) is 5.11. The highest BCUT2D eigenvalue weighted by Gasteiger charge is 2.26. The van der Waals surface area contributed by atoms with E-state index in [1.165, 1.54) is 0 Å². The highest BCUT2D eigenvalue weighted by atomic mass is 16.4. The summed E-state index contributed by atoms with van der Waals surface area (Å²) >= 11 is 0. The maximum atomic E-state index is 12.3. The van der Waals surface area contributed by atoms with Crippen molar-refractivity contribution in [3.63, 3.8) is 0 Å². The van der Waals surface area contributed by atoms with Crippen LogP contribution in [-0.4, -0.2) is 43.2 Å². The number of fused-ring (bicyclic) bond motifs is 2. The smallest absolute Gasteiger partial charge is 0.349 e. The third kappa shape index (κ3) is 3.97. The van der Waals surface area contributed by atoms with E-state index < -0.39 is 17.2 Å². The average Bonchev–Trinajstić information content (AvgIpc) is 3.10. The Morgan fingerprint density at radius 2 is 2.00 bits per heavy atom. The highest BCUT2D eigenvalue weighted by molar-refractivity contribution is 5.81. The topological polar surface area (TPSA) is 130 Å². The molecule has 1 saturated carbocycles. The Morgan fingerprint density at radius 3 is 2.77 bits per heavy atom. The first-order valence-electron chi connectivity index (χ1n) is 10.2. The molecule has 9 nitrogen and oxygen atoms in total. The minimum absolute atomic E-state index is 0.146. The first-order chi connectivity index (χ1) is 14.3. The van der Waals surface area contributed by atoms with Crippen LogP contribution in [0.2, 0.25) is 0 Å². The van der Waals surface area contributed by atoms with E-state index in [1.54, 1.807) is 0 Å². The Labute approximate surface area is 172 Å². The van der Waals surface area contributed by atoms with Crippen molar-refractivity contribution < 1.29 is 9.90 Å². The van der Waals surface area contributed by atoms with Crippen LogP contribution < -0.4 is 16.6 Å². The fourth-order valence-corrected chi connectivity index (χ4v) is 4.35. The molecule has 0 amide bonds. The van der Waals surface area contributed by atoms with Crippen LogP contribution in [-0.2, 0) is 11.3 Å². The van der Waals surface area contributed by atoms with Gasteiger partial charge in [0.2, 0.25) is 0 Å². The molecule has 0 saturated heterocycles. The fraction of sp³-hybridized carbons (Fsp3) is 0.476. The summed E-state index contributed by atoms with van der Waals surface area (Å²) in [4.78, 5) is 45.8. The molecule has 4 rings (SSSR count). The number of hydrogen-bond donors (Lipinski definition) is 3.